The Morgan fingerprint density at radius 3 is 2.64 bits per heavy atom. The van der Waals surface area contributed by atoms with E-state index in [9.17, 15) is 4.79 Å². The molecule has 6 heteroatoms. The quantitative estimate of drug-likeness (QED) is 0.825. The molecular weight excluding hydrogens is 300 g/mol. The average Bonchev–Trinajstić information content (AvgIpc) is 3.03. The van der Waals surface area contributed by atoms with Gasteiger partial charge in [-0.2, -0.15) is 0 Å². The number of carbonyl (C=O) groups excluding carboxylic acids is 1. The molecule has 5 nitrogen and oxygen atoms in total. The van der Waals surface area contributed by atoms with Gasteiger partial charge in [-0.1, -0.05) is 6.92 Å². The third-order valence-corrected chi connectivity index (χ3v) is 3.20. The summed E-state index contributed by atoms with van der Waals surface area (Å²) >= 11 is 5.09. The number of amides is 1. The molecule has 0 saturated carbocycles. The zero-order valence-corrected chi connectivity index (χ0v) is 13.3. The number of carbonyl (C=O) groups is 1. The molecule has 0 bridgehead atoms. The van der Waals surface area contributed by atoms with Crippen molar-refractivity contribution in [1.29, 1.82) is 0 Å². The van der Waals surface area contributed by atoms with Crippen molar-refractivity contribution in [3.63, 3.8) is 0 Å². The maximum Gasteiger partial charge on any atom is 0.293 e. The van der Waals surface area contributed by atoms with Crippen molar-refractivity contribution in [3.05, 3.63) is 48.4 Å². The number of anilines is 1. The fourth-order valence-corrected chi connectivity index (χ4v) is 1.88. The highest BCUT2D eigenvalue weighted by Gasteiger charge is 2.10. The lowest BCUT2D eigenvalue weighted by molar-refractivity contribution is 0.0950. The van der Waals surface area contributed by atoms with E-state index in [4.69, 9.17) is 21.4 Å². The van der Waals surface area contributed by atoms with E-state index in [1.807, 2.05) is 31.2 Å². The molecule has 1 aromatic carbocycles. The summed E-state index contributed by atoms with van der Waals surface area (Å²) < 4.78 is 10.7. The Labute approximate surface area is 134 Å². The van der Waals surface area contributed by atoms with Crippen LogP contribution >= 0.6 is 12.2 Å². The second-order valence-electron chi connectivity index (χ2n) is 4.75. The number of hydrogen-bond donors (Lipinski definition) is 2. The lowest BCUT2D eigenvalue weighted by Crippen LogP contribution is -2.33. The van der Waals surface area contributed by atoms with Gasteiger partial charge in [0, 0.05) is 5.69 Å². The number of benzene rings is 1. The van der Waals surface area contributed by atoms with Gasteiger partial charge in [-0.15, -0.1) is 0 Å². The Bertz CT molecular complexity index is 623. The van der Waals surface area contributed by atoms with E-state index in [0.29, 0.717) is 0 Å². The highest BCUT2D eigenvalue weighted by atomic mass is 32.1. The molecule has 22 heavy (non-hydrogen) atoms. The fourth-order valence-electron chi connectivity index (χ4n) is 1.67. The van der Waals surface area contributed by atoms with Gasteiger partial charge in [0.1, 0.15) is 5.75 Å². The van der Waals surface area contributed by atoms with E-state index in [1.165, 1.54) is 6.26 Å². The van der Waals surface area contributed by atoms with Crippen LogP contribution in [0.15, 0.2) is 47.1 Å². The summed E-state index contributed by atoms with van der Waals surface area (Å²) in [4.78, 5) is 11.8. The second kappa shape index (κ2) is 7.61. The molecule has 0 aliphatic carbocycles. The lowest BCUT2D eigenvalue weighted by atomic mass is 10.3. The second-order valence-corrected chi connectivity index (χ2v) is 5.15. The van der Waals surface area contributed by atoms with E-state index in [0.717, 1.165) is 17.9 Å². The Morgan fingerprint density at radius 2 is 2.05 bits per heavy atom. The molecular formula is C16H18N2O3S. The Morgan fingerprint density at radius 1 is 1.32 bits per heavy atom. The lowest BCUT2D eigenvalue weighted by Gasteiger charge is -2.13. The van der Waals surface area contributed by atoms with Gasteiger partial charge in [-0.05, 0) is 62.0 Å². The van der Waals surface area contributed by atoms with Crippen molar-refractivity contribution in [1.82, 2.24) is 5.32 Å². The molecule has 2 aromatic rings. The molecule has 0 fully saturated rings. The monoisotopic (exact) mass is 318 g/mol. The molecule has 0 aliphatic heterocycles. The molecule has 0 radical (unpaired) electrons. The van der Waals surface area contributed by atoms with Crippen molar-refractivity contribution in [2.24, 2.45) is 0 Å². The summed E-state index contributed by atoms with van der Waals surface area (Å²) in [6.07, 6.45) is 2.55. The van der Waals surface area contributed by atoms with E-state index in [2.05, 4.69) is 17.6 Å². The number of thiocarbonyl (C=S) groups is 1. The van der Waals surface area contributed by atoms with Crippen LogP contribution in [0.5, 0.6) is 5.75 Å². The molecule has 0 spiro atoms. The standard InChI is InChI=1S/C16H18N2O3S/c1-3-11(2)21-13-8-6-12(7-9-13)17-16(22)18-15(19)14-5-4-10-20-14/h4-11H,3H2,1-2H3,(H2,17,18,19,22). The van der Waals surface area contributed by atoms with Crippen molar-refractivity contribution in [3.8, 4) is 5.75 Å². The van der Waals surface area contributed by atoms with Crippen molar-refractivity contribution in [2.75, 3.05) is 5.32 Å². The first kappa shape index (κ1) is 16.0. The molecule has 2 rings (SSSR count). The van der Waals surface area contributed by atoms with E-state index in [1.54, 1.807) is 12.1 Å². The van der Waals surface area contributed by atoms with Gasteiger partial charge in [0.05, 0.1) is 12.4 Å². The molecule has 116 valence electrons. The summed E-state index contributed by atoms with van der Waals surface area (Å²) in [5.41, 5.74) is 0.765. The van der Waals surface area contributed by atoms with Crippen LogP contribution in [0.2, 0.25) is 0 Å². The average molecular weight is 318 g/mol. The van der Waals surface area contributed by atoms with Gasteiger partial charge < -0.3 is 14.5 Å². The number of furan rings is 1. The van der Waals surface area contributed by atoms with Crippen LogP contribution in [0.3, 0.4) is 0 Å². The van der Waals surface area contributed by atoms with Gasteiger partial charge in [-0.3, -0.25) is 10.1 Å². The maximum absolute atomic E-state index is 11.8. The van der Waals surface area contributed by atoms with Crippen LogP contribution in [0.4, 0.5) is 5.69 Å². The van der Waals surface area contributed by atoms with Crippen LogP contribution in [0.1, 0.15) is 30.8 Å². The Hall–Kier alpha value is -2.34. The summed E-state index contributed by atoms with van der Waals surface area (Å²) in [5, 5.41) is 5.68. The molecule has 1 heterocycles. The molecule has 1 amide bonds. The number of hydrogen-bond acceptors (Lipinski definition) is 4. The van der Waals surface area contributed by atoms with Crippen LogP contribution in [0.25, 0.3) is 0 Å². The molecule has 1 aromatic heterocycles. The summed E-state index contributed by atoms with van der Waals surface area (Å²) in [6, 6.07) is 10.6. The Kier molecular flexibility index (Phi) is 5.55. The van der Waals surface area contributed by atoms with Crippen LogP contribution in [0, 0.1) is 0 Å². The normalized spacial score (nSPS) is 11.5. The van der Waals surface area contributed by atoms with Crippen LogP contribution < -0.4 is 15.4 Å². The van der Waals surface area contributed by atoms with E-state index >= 15 is 0 Å². The van der Waals surface area contributed by atoms with Crippen LogP contribution in [-0.4, -0.2) is 17.1 Å². The zero-order valence-electron chi connectivity index (χ0n) is 12.5. The maximum atomic E-state index is 11.8. The fraction of sp³-hybridized carbons (Fsp3) is 0.250. The minimum atomic E-state index is -0.390. The number of rotatable bonds is 5. The summed E-state index contributed by atoms with van der Waals surface area (Å²) in [5.74, 6) is 0.617. The van der Waals surface area contributed by atoms with Crippen molar-refractivity contribution < 1.29 is 13.9 Å². The first-order chi connectivity index (χ1) is 10.6. The molecule has 0 aliphatic rings. The number of nitrogens with one attached hydrogen (secondary N) is 2. The SMILES string of the molecule is CCC(C)Oc1ccc(NC(=S)NC(=O)c2ccco2)cc1. The Balaban J connectivity index is 1.87. The van der Waals surface area contributed by atoms with E-state index in [-0.39, 0.29) is 22.9 Å². The molecule has 0 saturated heterocycles. The third kappa shape index (κ3) is 4.60. The smallest absolute Gasteiger partial charge is 0.293 e. The topological polar surface area (TPSA) is 63.5 Å². The first-order valence-corrected chi connectivity index (χ1v) is 7.42. The zero-order chi connectivity index (χ0) is 15.9. The predicted octanol–water partition coefficient (Wildman–Crippen LogP) is 3.58. The number of ether oxygens (including phenoxy) is 1. The van der Waals surface area contributed by atoms with Crippen molar-refractivity contribution in [2.45, 2.75) is 26.4 Å². The van der Waals surface area contributed by atoms with Gasteiger partial charge in [0.2, 0.25) is 0 Å². The highest BCUT2D eigenvalue weighted by Crippen LogP contribution is 2.17. The van der Waals surface area contributed by atoms with Crippen molar-refractivity contribution >= 4 is 28.9 Å². The van der Waals surface area contributed by atoms with Crippen LogP contribution in [-0.2, 0) is 0 Å². The van der Waals surface area contributed by atoms with E-state index < -0.39 is 0 Å². The molecule has 1 unspecified atom stereocenters. The summed E-state index contributed by atoms with van der Waals surface area (Å²) in [7, 11) is 0. The highest BCUT2D eigenvalue weighted by molar-refractivity contribution is 7.80. The first-order valence-electron chi connectivity index (χ1n) is 7.01. The predicted molar refractivity (Wildman–Crippen MR) is 89.2 cm³/mol. The van der Waals surface area contributed by atoms with Gasteiger partial charge in [0.25, 0.3) is 5.91 Å². The third-order valence-electron chi connectivity index (χ3n) is 3.00. The minimum Gasteiger partial charge on any atom is -0.491 e. The minimum absolute atomic E-state index is 0.174. The molecule has 1 atom stereocenters. The van der Waals surface area contributed by atoms with Gasteiger partial charge >= 0.3 is 0 Å². The van der Waals surface area contributed by atoms with Gasteiger partial charge in [-0.25, -0.2) is 0 Å². The van der Waals surface area contributed by atoms with Gasteiger partial charge in [0.15, 0.2) is 10.9 Å². The largest absolute Gasteiger partial charge is 0.491 e. The molecule has 2 N–H and O–H groups in total. The summed E-state index contributed by atoms with van der Waals surface area (Å²) in [6.45, 7) is 4.09.